The molecule has 0 aromatic rings. The third-order valence-electron chi connectivity index (χ3n) is 4.62. The van der Waals surface area contributed by atoms with E-state index in [4.69, 9.17) is 10.5 Å². The third kappa shape index (κ3) is 4.22. The van der Waals surface area contributed by atoms with Crippen molar-refractivity contribution in [3.63, 3.8) is 0 Å². The zero-order valence-electron chi connectivity index (χ0n) is 12.6. The lowest BCUT2D eigenvalue weighted by Gasteiger charge is -2.46. The molecular weight excluding hydrogens is 224 g/mol. The van der Waals surface area contributed by atoms with Crippen molar-refractivity contribution in [2.45, 2.75) is 70.9 Å². The first kappa shape index (κ1) is 15.9. The Balaban J connectivity index is 2.45. The Kier molecular flexibility index (Phi) is 7.20. The van der Waals surface area contributed by atoms with Gasteiger partial charge in [0.25, 0.3) is 0 Å². The Hall–Kier alpha value is -0.120. The number of nitrogens with zero attached hydrogens (tertiary/aromatic N) is 1. The molecule has 3 nitrogen and oxygen atoms in total. The molecule has 1 aliphatic rings. The van der Waals surface area contributed by atoms with E-state index in [-0.39, 0.29) is 11.6 Å². The molecule has 0 saturated carbocycles. The van der Waals surface area contributed by atoms with Gasteiger partial charge in [0.15, 0.2) is 0 Å². The molecule has 2 N–H and O–H groups in total. The molecule has 0 amide bonds. The highest BCUT2D eigenvalue weighted by Gasteiger charge is 2.36. The summed E-state index contributed by atoms with van der Waals surface area (Å²) in [6, 6.07) is 0.289. The Morgan fingerprint density at radius 1 is 1.17 bits per heavy atom. The first-order valence-electron chi connectivity index (χ1n) is 7.73. The highest BCUT2D eigenvalue weighted by molar-refractivity contribution is 4.95. The number of hydrogen-bond acceptors (Lipinski definition) is 3. The van der Waals surface area contributed by atoms with Crippen LogP contribution in [0.5, 0.6) is 0 Å². The zero-order valence-corrected chi connectivity index (χ0v) is 12.6. The van der Waals surface area contributed by atoms with Crippen LogP contribution in [0.1, 0.15) is 59.3 Å². The van der Waals surface area contributed by atoms with Crippen molar-refractivity contribution in [2.75, 3.05) is 26.3 Å². The van der Waals surface area contributed by atoms with Crippen molar-refractivity contribution in [2.24, 2.45) is 5.73 Å². The van der Waals surface area contributed by atoms with E-state index in [1.165, 1.54) is 25.7 Å². The summed E-state index contributed by atoms with van der Waals surface area (Å²) in [6.45, 7) is 10.6. The van der Waals surface area contributed by atoms with Crippen LogP contribution < -0.4 is 5.73 Å². The van der Waals surface area contributed by atoms with Crippen LogP contribution in [0, 0.1) is 0 Å². The molecule has 0 aromatic carbocycles. The molecule has 18 heavy (non-hydrogen) atoms. The van der Waals surface area contributed by atoms with Crippen molar-refractivity contribution in [1.82, 2.24) is 4.90 Å². The Labute approximate surface area is 113 Å². The third-order valence-corrected chi connectivity index (χ3v) is 4.62. The molecule has 1 saturated heterocycles. The smallest absolute Gasteiger partial charge is 0.0594 e. The number of rotatable bonds is 8. The SMILES string of the molecule is CCCCCCC(N)C(C)(CC)N1CCOCC1. The molecular formula is C15H32N2O. The minimum Gasteiger partial charge on any atom is -0.379 e. The fraction of sp³-hybridized carbons (Fsp3) is 1.00. The maximum atomic E-state index is 6.49. The molecule has 1 aliphatic heterocycles. The van der Waals surface area contributed by atoms with Gasteiger partial charge < -0.3 is 10.5 Å². The van der Waals surface area contributed by atoms with E-state index in [2.05, 4.69) is 25.7 Å². The first-order valence-corrected chi connectivity index (χ1v) is 7.73. The van der Waals surface area contributed by atoms with Crippen LogP contribution in [-0.2, 0) is 4.74 Å². The van der Waals surface area contributed by atoms with E-state index in [0.717, 1.165) is 39.1 Å². The fourth-order valence-electron chi connectivity index (χ4n) is 2.90. The van der Waals surface area contributed by atoms with Crippen LogP contribution in [0.4, 0.5) is 0 Å². The van der Waals surface area contributed by atoms with Crippen molar-refractivity contribution in [1.29, 1.82) is 0 Å². The topological polar surface area (TPSA) is 38.5 Å². The zero-order chi connectivity index (χ0) is 13.4. The standard InChI is InChI=1S/C15H32N2O/c1-4-6-7-8-9-14(16)15(3,5-2)17-10-12-18-13-11-17/h14H,4-13,16H2,1-3H3. The Bertz CT molecular complexity index is 217. The van der Waals surface area contributed by atoms with Gasteiger partial charge in [0, 0.05) is 24.7 Å². The lowest BCUT2D eigenvalue weighted by atomic mass is 9.84. The lowest BCUT2D eigenvalue weighted by molar-refractivity contribution is -0.0285. The summed E-state index contributed by atoms with van der Waals surface area (Å²) in [5.74, 6) is 0. The van der Waals surface area contributed by atoms with Crippen LogP contribution in [0.2, 0.25) is 0 Å². The number of unbranched alkanes of at least 4 members (excludes halogenated alkanes) is 3. The van der Waals surface area contributed by atoms with Gasteiger partial charge in [-0.05, 0) is 19.8 Å². The Morgan fingerprint density at radius 2 is 1.83 bits per heavy atom. The molecule has 1 heterocycles. The normalized spacial score (nSPS) is 22.7. The van der Waals surface area contributed by atoms with E-state index in [1.807, 2.05) is 0 Å². The number of nitrogens with two attached hydrogens (primary N) is 1. The summed E-state index contributed by atoms with van der Waals surface area (Å²) < 4.78 is 5.45. The van der Waals surface area contributed by atoms with Crippen molar-refractivity contribution >= 4 is 0 Å². The summed E-state index contributed by atoms with van der Waals surface area (Å²) in [5, 5.41) is 0. The van der Waals surface area contributed by atoms with Gasteiger partial charge in [0.2, 0.25) is 0 Å². The molecule has 0 radical (unpaired) electrons. The molecule has 2 unspecified atom stereocenters. The molecule has 1 fully saturated rings. The molecule has 3 heteroatoms. The highest BCUT2D eigenvalue weighted by atomic mass is 16.5. The second-order valence-electron chi connectivity index (χ2n) is 5.77. The number of ether oxygens (including phenoxy) is 1. The van der Waals surface area contributed by atoms with E-state index in [0.29, 0.717) is 0 Å². The predicted octanol–water partition coefficient (Wildman–Crippen LogP) is 2.79. The molecule has 0 bridgehead atoms. The summed E-state index contributed by atoms with van der Waals surface area (Å²) in [6.07, 6.45) is 7.52. The average Bonchev–Trinajstić information content (AvgIpc) is 2.43. The monoisotopic (exact) mass is 256 g/mol. The molecule has 0 aliphatic carbocycles. The van der Waals surface area contributed by atoms with Crippen molar-refractivity contribution in [3.05, 3.63) is 0 Å². The van der Waals surface area contributed by atoms with Crippen LogP contribution in [-0.4, -0.2) is 42.8 Å². The van der Waals surface area contributed by atoms with Gasteiger partial charge in [-0.15, -0.1) is 0 Å². The largest absolute Gasteiger partial charge is 0.379 e. The maximum absolute atomic E-state index is 6.49. The summed E-state index contributed by atoms with van der Waals surface area (Å²) in [4.78, 5) is 2.54. The van der Waals surface area contributed by atoms with E-state index in [1.54, 1.807) is 0 Å². The fourth-order valence-corrected chi connectivity index (χ4v) is 2.90. The number of hydrogen-bond donors (Lipinski definition) is 1. The lowest BCUT2D eigenvalue weighted by Crippen LogP contribution is -2.60. The van der Waals surface area contributed by atoms with Gasteiger partial charge in [-0.2, -0.15) is 0 Å². The van der Waals surface area contributed by atoms with E-state index >= 15 is 0 Å². The van der Waals surface area contributed by atoms with Crippen molar-refractivity contribution in [3.8, 4) is 0 Å². The van der Waals surface area contributed by atoms with Crippen LogP contribution in [0.15, 0.2) is 0 Å². The van der Waals surface area contributed by atoms with Gasteiger partial charge in [0.1, 0.15) is 0 Å². The molecule has 1 rings (SSSR count). The van der Waals surface area contributed by atoms with Crippen molar-refractivity contribution < 1.29 is 4.74 Å². The van der Waals surface area contributed by atoms with Gasteiger partial charge in [-0.25, -0.2) is 0 Å². The first-order chi connectivity index (χ1) is 8.65. The van der Waals surface area contributed by atoms with E-state index in [9.17, 15) is 0 Å². The van der Waals surface area contributed by atoms with Gasteiger partial charge >= 0.3 is 0 Å². The Morgan fingerprint density at radius 3 is 2.39 bits per heavy atom. The second kappa shape index (κ2) is 8.13. The number of morpholine rings is 1. The molecule has 0 spiro atoms. The minimum atomic E-state index is 0.149. The highest BCUT2D eigenvalue weighted by Crippen LogP contribution is 2.26. The van der Waals surface area contributed by atoms with E-state index < -0.39 is 0 Å². The van der Waals surface area contributed by atoms with Crippen LogP contribution in [0.3, 0.4) is 0 Å². The molecule has 2 atom stereocenters. The predicted molar refractivity (Wildman–Crippen MR) is 77.8 cm³/mol. The molecule has 108 valence electrons. The second-order valence-corrected chi connectivity index (χ2v) is 5.77. The molecule has 0 aromatic heterocycles. The van der Waals surface area contributed by atoms with Gasteiger partial charge in [-0.3, -0.25) is 4.90 Å². The summed E-state index contributed by atoms with van der Waals surface area (Å²) >= 11 is 0. The van der Waals surface area contributed by atoms with Crippen LogP contribution in [0.25, 0.3) is 0 Å². The van der Waals surface area contributed by atoms with Gasteiger partial charge in [0.05, 0.1) is 13.2 Å². The van der Waals surface area contributed by atoms with Crippen LogP contribution >= 0.6 is 0 Å². The minimum absolute atomic E-state index is 0.149. The maximum Gasteiger partial charge on any atom is 0.0594 e. The van der Waals surface area contributed by atoms with Gasteiger partial charge in [-0.1, -0.05) is 39.5 Å². The summed E-state index contributed by atoms with van der Waals surface area (Å²) in [7, 11) is 0. The summed E-state index contributed by atoms with van der Waals surface area (Å²) in [5.41, 5.74) is 6.64. The quantitative estimate of drug-likeness (QED) is 0.679. The average molecular weight is 256 g/mol.